The number of fused-ring (bicyclic) bond motifs is 2. The van der Waals surface area contributed by atoms with E-state index in [9.17, 15) is 0 Å². The van der Waals surface area contributed by atoms with Gasteiger partial charge in [0.15, 0.2) is 0 Å². The molecule has 0 amide bonds. The van der Waals surface area contributed by atoms with Crippen molar-refractivity contribution < 1.29 is 28.8 Å². The lowest BCUT2D eigenvalue weighted by molar-refractivity contribution is 0.315. The minimum absolute atomic E-state index is 0.373. The van der Waals surface area contributed by atoms with E-state index < -0.39 is 7.12 Å². The fourth-order valence-corrected chi connectivity index (χ4v) is 5.57. The highest BCUT2D eigenvalue weighted by molar-refractivity contribution is 9.10. The lowest BCUT2D eigenvalue weighted by Gasteiger charge is -2.11. The maximum Gasteiger partial charge on any atom is 0.488 e. The van der Waals surface area contributed by atoms with Gasteiger partial charge >= 0.3 is 7.12 Å². The first-order valence-electron chi connectivity index (χ1n) is 15.1. The number of imidazole rings is 2. The zero-order chi connectivity index (χ0) is 34.9. The van der Waals surface area contributed by atoms with Gasteiger partial charge in [0, 0.05) is 43.4 Å². The van der Waals surface area contributed by atoms with Crippen LogP contribution in [0, 0.1) is 0 Å². The van der Waals surface area contributed by atoms with E-state index in [1.54, 1.807) is 51.4 Å². The minimum Gasteiger partial charge on any atom is -0.496 e. The van der Waals surface area contributed by atoms with Crippen molar-refractivity contribution >= 4 is 50.6 Å². The molecule has 4 aromatic heterocycles. The summed E-state index contributed by atoms with van der Waals surface area (Å²) in [6.45, 7) is 1.58. The summed E-state index contributed by atoms with van der Waals surface area (Å²) in [4.78, 5) is 8.07. The molecular weight excluding hydrogens is 707 g/mol. The van der Waals surface area contributed by atoms with Crippen molar-refractivity contribution in [2.45, 2.75) is 13.1 Å². The number of benzene rings is 4. The molecule has 4 aromatic carbocycles. The van der Waals surface area contributed by atoms with Crippen LogP contribution in [0.2, 0.25) is 0 Å². The molecule has 50 heavy (non-hydrogen) atoms. The average Bonchev–Trinajstić information content (AvgIpc) is 3.97. The summed E-state index contributed by atoms with van der Waals surface area (Å²) in [5.41, 5.74) is 7.34. The maximum atomic E-state index is 8.80. The van der Waals surface area contributed by atoms with Crippen LogP contribution in [0.5, 0.6) is 11.5 Å². The van der Waals surface area contributed by atoms with Crippen molar-refractivity contribution in [3.8, 4) is 22.6 Å². The van der Waals surface area contributed by atoms with Crippen LogP contribution in [0.3, 0.4) is 0 Å². The molecule has 0 saturated carbocycles. The van der Waals surface area contributed by atoms with Gasteiger partial charge in [0.2, 0.25) is 0 Å². The van der Waals surface area contributed by atoms with E-state index in [1.807, 2.05) is 57.9 Å². The summed E-state index contributed by atoms with van der Waals surface area (Å²) in [5.74, 6) is 1.67. The predicted octanol–water partition coefficient (Wildman–Crippen LogP) is 4.75. The Bertz CT molecular complexity index is 2280. The normalized spacial score (nSPS) is 10.7. The van der Waals surface area contributed by atoms with Gasteiger partial charge < -0.3 is 28.7 Å². The highest BCUT2D eigenvalue weighted by atomic mass is 79.9. The number of nitrogens with zero attached hydrogens (tertiary/aromatic N) is 8. The van der Waals surface area contributed by atoms with E-state index in [1.165, 1.54) is 11.6 Å². The zero-order valence-corrected chi connectivity index (χ0v) is 28.5. The third-order valence-electron chi connectivity index (χ3n) is 7.47. The van der Waals surface area contributed by atoms with Crippen molar-refractivity contribution in [1.82, 2.24) is 39.7 Å². The van der Waals surface area contributed by atoms with Gasteiger partial charge in [-0.1, -0.05) is 24.3 Å². The Hall–Kier alpha value is -5.84. The molecule has 14 nitrogen and oxygen atoms in total. The van der Waals surface area contributed by atoms with E-state index in [4.69, 9.17) is 24.2 Å². The maximum absolute atomic E-state index is 8.80. The first-order chi connectivity index (χ1) is 24.4. The highest BCUT2D eigenvalue weighted by Crippen LogP contribution is 2.32. The first-order valence-corrected chi connectivity index (χ1v) is 15.9. The van der Waals surface area contributed by atoms with Gasteiger partial charge in [0.25, 0.3) is 0 Å². The molecule has 0 spiro atoms. The highest BCUT2D eigenvalue weighted by Gasteiger charge is 2.13. The van der Waals surface area contributed by atoms with E-state index >= 15 is 0 Å². The summed E-state index contributed by atoms with van der Waals surface area (Å²) in [6.07, 6.45) is 11.0. The van der Waals surface area contributed by atoms with Crippen LogP contribution in [0.25, 0.3) is 33.2 Å². The molecular formula is C34H30BBrN8O6. The van der Waals surface area contributed by atoms with Gasteiger partial charge in [0.1, 0.15) is 33.6 Å². The first kappa shape index (κ1) is 34.0. The topological polar surface area (TPSA) is 172 Å². The summed E-state index contributed by atoms with van der Waals surface area (Å²) in [7, 11) is 1.85. The van der Waals surface area contributed by atoms with Gasteiger partial charge in [-0.3, -0.25) is 0 Å². The number of methoxy groups -OCH3 is 2. The molecule has 0 aliphatic rings. The fraction of sp³-hybridized carbons (Fsp3) is 0.118. The number of hydrogen-bond acceptors (Lipinski definition) is 12. The predicted molar refractivity (Wildman–Crippen MR) is 189 cm³/mol. The molecule has 0 saturated heterocycles. The molecule has 0 atom stereocenters. The molecule has 0 aliphatic carbocycles. The van der Waals surface area contributed by atoms with Gasteiger partial charge in [-0.15, -0.1) is 0 Å². The quantitative estimate of drug-likeness (QED) is 0.206. The van der Waals surface area contributed by atoms with Crippen LogP contribution in [-0.2, 0) is 13.1 Å². The number of hydrogen-bond donors (Lipinski definition) is 2. The standard InChI is InChI=1S/C17H14N4O2.C11H11BrN2O.C6H5BN2O3/c1-22-17-5-2-12(10-21-7-6-18-11-21)8-14(17)13-3-4-15-16(9-13)20-23-19-15;1-15-11-3-2-9(6-10(11)12)7-14-5-4-13-8-14;10-7(11)4-1-2-5-6(3-4)9-12-8-5/h2-9,11H,10H2,1H3;2-6,8H,7H2,1H3;1-3,10-11H. The van der Waals surface area contributed by atoms with Crippen LogP contribution in [0.15, 0.2) is 124 Å². The number of rotatable bonds is 8. The Labute approximate surface area is 294 Å². The Morgan fingerprint density at radius 1 is 0.660 bits per heavy atom. The fourth-order valence-electron chi connectivity index (χ4n) is 4.98. The summed E-state index contributed by atoms with van der Waals surface area (Å²) < 4.78 is 24.9. The summed E-state index contributed by atoms with van der Waals surface area (Å²) in [5, 5.41) is 32.5. The van der Waals surface area contributed by atoms with Crippen molar-refractivity contribution in [1.29, 1.82) is 0 Å². The van der Waals surface area contributed by atoms with E-state index in [0.29, 0.717) is 16.5 Å². The van der Waals surface area contributed by atoms with Gasteiger partial charge in [-0.05, 0) is 107 Å². The monoisotopic (exact) mass is 736 g/mol. The largest absolute Gasteiger partial charge is 0.496 e. The Balaban J connectivity index is 0.000000138. The number of aromatic nitrogens is 8. The van der Waals surface area contributed by atoms with Gasteiger partial charge in [-0.2, -0.15) is 0 Å². The molecule has 8 rings (SSSR count). The molecule has 0 radical (unpaired) electrons. The molecule has 8 aromatic rings. The number of halogens is 1. The van der Waals surface area contributed by atoms with Crippen molar-refractivity contribution in [3.05, 3.63) is 126 Å². The summed E-state index contributed by atoms with van der Waals surface area (Å²) in [6, 6.07) is 22.7. The van der Waals surface area contributed by atoms with E-state index in [2.05, 4.69) is 69.4 Å². The zero-order valence-electron chi connectivity index (χ0n) is 26.9. The Morgan fingerprint density at radius 2 is 1.22 bits per heavy atom. The Kier molecular flexibility index (Phi) is 10.9. The van der Waals surface area contributed by atoms with Gasteiger partial charge in [-0.25, -0.2) is 19.2 Å². The lowest BCUT2D eigenvalue weighted by atomic mass is 9.80. The molecule has 0 bridgehead atoms. The van der Waals surface area contributed by atoms with Crippen LogP contribution < -0.4 is 14.9 Å². The third kappa shape index (κ3) is 8.41. The molecule has 16 heteroatoms. The molecule has 2 N–H and O–H groups in total. The average molecular weight is 737 g/mol. The van der Waals surface area contributed by atoms with Crippen molar-refractivity contribution in [3.63, 3.8) is 0 Å². The van der Waals surface area contributed by atoms with Gasteiger partial charge in [0.05, 0.1) is 31.3 Å². The molecule has 4 heterocycles. The van der Waals surface area contributed by atoms with E-state index in [-0.39, 0.29) is 0 Å². The Morgan fingerprint density at radius 3 is 1.78 bits per heavy atom. The lowest BCUT2D eigenvalue weighted by Crippen LogP contribution is -2.29. The third-order valence-corrected chi connectivity index (χ3v) is 8.09. The smallest absolute Gasteiger partial charge is 0.488 e. The van der Waals surface area contributed by atoms with Crippen molar-refractivity contribution in [2.75, 3.05) is 14.2 Å². The SMILES string of the molecule is COc1ccc(Cn2ccnc2)cc1-c1ccc2nonc2c1.COc1ccc(Cn2ccnc2)cc1Br.OB(O)c1ccc2nonc2c1. The molecule has 0 fully saturated rings. The number of ether oxygens (including phenoxy) is 2. The van der Waals surface area contributed by atoms with Crippen LogP contribution in [0.4, 0.5) is 0 Å². The molecule has 0 unspecified atom stereocenters. The minimum atomic E-state index is -1.48. The molecule has 0 aliphatic heterocycles. The van der Waals surface area contributed by atoms with Crippen LogP contribution in [0.1, 0.15) is 11.1 Å². The second kappa shape index (κ2) is 16.0. The van der Waals surface area contributed by atoms with Crippen molar-refractivity contribution in [2.24, 2.45) is 0 Å². The van der Waals surface area contributed by atoms with E-state index in [0.717, 1.165) is 56.8 Å². The molecule has 252 valence electrons. The van der Waals surface area contributed by atoms with Crippen LogP contribution in [-0.4, -0.2) is 71.1 Å². The second-order valence-electron chi connectivity index (χ2n) is 10.8. The van der Waals surface area contributed by atoms with Crippen LogP contribution >= 0.6 is 15.9 Å². The summed E-state index contributed by atoms with van der Waals surface area (Å²) >= 11 is 3.46. The second-order valence-corrected chi connectivity index (χ2v) is 11.7.